The maximum Gasteiger partial charge on any atom is 0.449 e. The van der Waals surface area contributed by atoms with Crippen LogP contribution in [0, 0.1) is 0 Å². The molecule has 1 heterocycles. The topological polar surface area (TPSA) is 64.1 Å². The number of hydrogen-bond acceptors (Lipinski definition) is 3. The Balaban J connectivity index is 2.42. The molecule has 0 spiro atoms. The number of alkyl halides is 3. The molecule has 2 rings (SSSR count). The van der Waals surface area contributed by atoms with E-state index in [0.717, 1.165) is 4.57 Å². The molecule has 4 nitrogen and oxygen atoms in total. The van der Waals surface area contributed by atoms with E-state index in [-0.39, 0.29) is 12.1 Å². The standard InChI is InChI=1S/C13H16F3N3O/c1-8(20)3-2-6-19-11-5-4-9(17)7-10(11)18-12(19)13(14,15)16/h4-5,7-8,20H,2-3,6,17H2,1H3. The molecule has 1 atom stereocenters. The van der Waals surface area contributed by atoms with Gasteiger partial charge >= 0.3 is 6.18 Å². The van der Waals surface area contributed by atoms with Crippen LogP contribution in [-0.2, 0) is 12.7 Å². The third-order valence-corrected chi connectivity index (χ3v) is 3.03. The van der Waals surface area contributed by atoms with Gasteiger partial charge in [0.25, 0.3) is 0 Å². The lowest BCUT2D eigenvalue weighted by Gasteiger charge is -2.12. The van der Waals surface area contributed by atoms with Gasteiger partial charge in [-0.2, -0.15) is 13.2 Å². The SMILES string of the molecule is CC(O)CCCn1c(C(F)(F)F)nc2cc(N)ccc21. The Kier molecular flexibility index (Phi) is 3.89. The number of hydrogen-bond donors (Lipinski definition) is 2. The van der Waals surface area contributed by atoms with Gasteiger partial charge in [-0.25, -0.2) is 4.98 Å². The molecule has 3 N–H and O–H groups in total. The summed E-state index contributed by atoms with van der Waals surface area (Å²) in [5, 5.41) is 9.20. The molecule has 1 aromatic carbocycles. The summed E-state index contributed by atoms with van der Waals surface area (Å²) in [6, 6.07) is 4.51. The minimum Gasteiger partial charge on any atom is -0.399 e. The van der Waals surface area contributed by atoms with E-state index < -0.39 is 18.1 Å². The molecular formula is C13H16F3N3O. The van der Waals surface area contributed by atoms with Gasteiger partial charge in [0.1, 0.15) is 0 Å². The number of aryl methyl sites for hydroxylation is 1. The van der Waals surface area contributed by atoms with Crippen LogP contribution in [-0.4, -0.2) is 20.8 Å². The number of aliphatic hydroxyl groups excluding tert-OH is 1. The Morgan fingerprint density at radius 2 is 2.10 bits per heavy atom. The number of nitrogen functional groups attached to an aromatic ring is 1. The molecular weight excluding hydrogens is 271 g/mol. The summed E-state index contributed by atoms with van der Waals surface area (Å²) in [7, 11) is 0. The van der Waals surface area contributed by atoms with Gasteiger partial charge in [0, 0.05) is 12.2 Å². The minimum absolute atomic E-state index is 0.153. The van der Waals surface area contributed by atoms with E-state index in [1.54, 1.807) is 13.0 Å². The number of halogens is 3. The fourth-order valence-electron chi connectivity index (χ4n) is 2.13. The number of aliphatic hydroxyl groups is 1. The second-order valence-electron chi connectivity index (χ2n) is 4.82. The zero-order chi connectivity index (χ0) is 14.9. The van der Waals surface area contributed by atoms with Crippen molar-refractivity contribution < 1.29 is 18.3 Å². The monoisotopic (exact) mass is 287 g/mol. The Hall–Kier alpha value is -1.76. The van der Waals surface area contributed by atoms with Crippen molar-refractivity contribution in [2.24, 2.45) is 0 Å². The van der Waals surface area contributed by atoms with Crippen molar-refractivity contribution in [1.82, 2.24) is 9.55 Å². The molecule has 20 heavy (non-hydrogen) atoms. The summed E-state index contributed by atoms with van der Waals surface area (Å²) in [6.45, 7) is 1.76. The molecule has 0 saturated carbocycles. The van der Waals surface area contributed by atoms with Gasteiger partial charge < -0.3 is 15.4 Å². The molecule has 0 aliphatic carbocycles. The Morgan fingerprint density at radius 3 is 2.70 bits per heavy atom. The summed E-state index contributed by atoms with van der Waals surface area (Å²) >= 11 is 0. The van der Waals surface area contributed by atoms with Gasteiger partial charge in [-0.05, 0) is 38.0 Å². The number of nitrogens with two attached hydrogens (primary N) is 1. The quantitative estimate of drug-likeness (QED) is 0.850. The van der Waals surface area contributed by atoms with Crippen LogP contribution in [0.3, 0.4) is 0 Å². The lowest BCUT2D eigenvalue weighted by atomic mass is 10.2. The molecule has 0 bridgehead atoms. The van der Waals surface area contributed by atoms with Crippen molar-refractivity contribution in [3.8, 4) is 0 Å². The van der Waals surface area contributed by atoms with Crippen LogP contribution in [0.4, 0.5) is 18.9 Å². The van der Waals surface area contributed by atoms with Crippen molar-refractivity contribution in [2.75, 3.05) is 5.73 Å². The van der Waals surface area contributed by atoms with Gasteiger partial charge in [-0.1, -0.05) is 0 Å². The minimum atomic E-state index is -4.52. The predicted octanol–water partition coefficient (Wildman–Crippen LogP) is 2.80. The van der Waals surface area contributed by atoms with E-state index in [4.69, 9.17) is 5.73 Å². The zero-order valence-corrected chi connectivity index (χ0v) is 11.0. The zero-order valence-electron chi connectivity index (χ0n) is 11.0. The van der Waals surface area contributed by atoms with E-state index >= 15 is 0 Å². The van der Waals surface area contributed by atoms with Gasteiger partial charge in [-0.3, -0.25) is 0 Å². The summed E-state index contributed by atoms with van der Waals surface area (Å²) in [6.07, 6.45) is -4.17. The lowest BCUT2D eigenvalue weighted by Crippen LogP contribution is -2.15. The van der Waals surface area contributed by atoms with E-state index in [1.807, 2.05) is 0 Å². The molecule has 7 heteroatoms. The molecule has 0 fully saturated rings. The van der Waals surface area contributed by atoms with Gasteiger partial charge in [0.05, 0.1) is 17.1 Å². The first-order valence-corrected chi connectivity index (χ1v) is 6.30. The predicted molar refractivity (Wildman–Crippen MR) is 70.1 cm³/mol. The number of fused-ring (bicyclic) bond motifs is 1. The van der Waals surface area contributed by atoms with Crippen LogP contribution >= 0.6 is 0 Å². The molecule has 110 valence electrons. The highest BCUT2D eigenvalue weighted by atomic mass is 19.4. The maximum atomic E-state index is 13.0. The van der Waals surface area contributed by atoms with Crippen LogP contribution in [0.1, 0.15) is 25.6 Å². The normalized spacial score (nSPS) is 13.8. The van der Waals surface area contributed by atoms with Crippen molar-refractivity contribution in [3.63, 3.8) is 0 Å². The van der Waals surface area contributed by atoms with Crippen molar-refractivity contribution >= 4 is 16.7 Å². The first-order chi connectivity index (χ1) is 9.29. The number of rotatable bonds is 4. The van der Waals surface area contributed by atoms with Crippen LogP contribution in [0.2, 0.25) is 0 Å². The van der Waals surface area contributed by atoms with E-state index in [9.17, 15) is 18.3 Å². The summed E-state index contributed by atoms with van der Waals surface area (Å²) in [5.41, 5.74) is 6.57. The van der Waals surface area contributed by atoms with Gasteiger partial charge in [0.2, 0.25) is 5.82 Å². The fraction of sp³-hybridized carbons (Fsp3) is 0.462. The highest BCUT2D eigenvalue weighted by Gasteiger charge is 2.37. The molecule has 1 unspecified atom stereocenters. The summed E-state index contributed by atoms with van der Waals surface area (Å²) in [4.78, 5) is 3.64. The smallest absolute Gasteiger partial charge is 0.399 e. The average Bonchev–Trinajstić information content (AvgIpc) is 2.66. The van der Waals surface area contributed by atoms with Crippen LogP contribution < -0.4 is 5.73 Å². The summed E-state index contributed by atoms with van der Waals surface area (Å²) < 4.78 is 40.2. The van der Waals surface area contributed by atoms with Crippen LogP contribution in [0.15, 0.2) is 18.2 Å². The second kappa shape index (κ2) is 5.32. The number of benzene rings is 1. The van der Waals surface area contributed by atoms with Gasteiger partial charge in [-0.15, -0.1) is 0 Å². The van der Waals surface area contributed by atoms with Crippen LogP contribution in [0.5, 0.6) is 0 Å². The average molecular weight is 287 g/mol. The largest absolute Gasteiger partial charge is 0.449 e. The lowest BCUT2D eigenvalue weighted by molar-refractivity contribution is -0.147. The molecule has 0 aliphatic rings. The highest BCUT2D eigenvalue weighted by molar-refractivity contribution is 5.79. The second-order valence-corrected chi connectivity index (χ2v) is 4.82. The summed E-state index contributed by atoms with van der Waals surface area (Å²) in [5.74, 6) is -0.927. The molecule has 0 radical (unpaired) electrons. The highest BCUT2D eigenvalue weighted by Crippen LogP contribution is 2.32. The van der Waals surface area contributed by atoms with Crippen molar-refractivity contribution in [3.05, 3.63) is 24.0 Å². The first kappa shape index (κ1) is 14.6. The maximum absolute atomic E-state index is 13.0. The number of aromatic nitrogens is 2. The van der Waals surface area contributed by atoms with Crippen molar-refractivity contribution in [2.45, 2.75) is 38.6 Å². The van der Waals surface area contributed by atoms with Crippen LogP contribution in [0.25, 0.3) is 11.0 Å². The fourth-order valence-corrected chi connectivity index (χ4v) is 2.13. The molecule has 0 saturated heterocycles. The number of nitrogens with zero attached hydrogens (tertiary/aromatic N) is 2. The third-order valence-electron chi connectivity index (χ3n) is 3.03. The first-order valence-electron chi connectivity index (χ1n) is 6.30. The molecule has 0 aliphatic heterocycles. The van der Waals surface area contributed by atoms with E-state index in [0.29, 0.717) is 24.0 Å². The number of anilines is 1. The molecule has 0 amide bonds. The van der Waals surface area contributed by atoms with Crippen molar-refractivity contribution in [1.29, 1.82) is 0 Å². The Bertz CT molecular complexity index is 605. The Morgan fingerprint density at radius 1 is 1.40 bits per heavy atom. The van der Waals surface area contributed by atoms with Gasteiger partial charge in [0.15, 0.2) is 0 Å². The van der Waals surface area contributed by atoms with E-state index in [1.165, 1.54) is 12.1 Å². The van der Waals surface area contributed by atoms with E-state index in [2.05, 4.69) is 4.98 Å². The molecule has 2 aromatic rings. The Labute approximate surface area is 114 Å². The molecule has 1 aromatic heterocycles. The number of imidazole rings is 1. The third kappa shape index (κ3) is 3.04.